The summed E-state index contributed by atoms with van der Waals surface area (Å²) in [5, 5.41) is 11.2. The molecule has 1 amide bonds. The molecule has 0 aliphatic carbocycles. The molecule has 1 rings (SSSR count). The number of aromatic carboxylic acids is 1. The molecule has 0 unspecified atom stereocenters. The largest absolute Gasteiger partial charge is 0.478 e. The van der Waals surface area contributed by atoms with Crippen molar-refractivity contribution in [2.45, 2.75) is 6.42 Å². The SMILES string of the molecule is C=CCCNC(=O)c1cc(F)c(F)cc1C(=O)O. The highest BCUT2D eigenvalue weighted by atomic mass is 19.2. The summed E-state index contributed by atoms with van der Waals surface area (Å²) in [4.78, 5) is 22.4. The monoisotopic (exact) mass is 255 g/mol. The van der Waals surface area contributed by atoms with Crippen LogP contribution in [0.5, 0.6) is 0 Å². The van der Waals surface area contributed by atoms with E-state index in [9.17, 15) is 18.4 Å². The summed E-state index contributed by atoms with van der Waals surface area (Å²) in [6.07, 6.45) is 2.04. The molecule has 0 aromatic heterocycles. The van der Waals surface area contributed by atoms with Crippen LogP contribution in [0.2, 0.25) is 0 Å². The van der Waals surface area contributed by atoms with E-state index in [0.717, 1.165) is 0 Å². The van der Waals surface area contributed by atoms with Gasteiger partial charge in [0.15, 0.2) is 11.6 Å². The normalized spacial score (nSPS) is 9.89. The molecule has 6 heteroatoms. The standard InChI is InChI=1S/C12H11F2NO3/c1-2-3-4-15-11(16)7-5-9(13)10(14)6-8(7)12(17)18/h2,5-6H,1,3-4H2,(H,15,16)(H,17,18). The van der Waals surface area contributed by atoms with Crippen LogP contribution in [-0.2, 0) is 0 Å². The van der Waals surface area contributed by atoms with Gasteiger partial charge in [-0.25, -0.2) is 13.6 Å². The van der Waals surface area contributed by atoms with Crippen molar-refractivity contribution in [3.63, 3.8) is 0 Å². The van der Waals surface area contributed by atoms with Crippen LogP contribution < -0.4 is 5.32 Å². The van der Waals surface area contributed by atoms with Crippen LogP contribution in [0.3, 0.4) is 0 Å². The van der Waals surface area contributed by atoms with Crippen molar-refractivity contribution in [2.24, 2.45) is 0 Å². The van der Waals surface area contributed by atoms with Crippen molar-refractivity contribution >= 4 is 11.9 Å². The fraction of sp³-hybridized carbons (Fsp3) is 0.167. The summed E-state index contributed by atoms with van der Waals surface area (Å²) in [7, 11) is 0. The molecule has 0 bridgehead atoms. The van der Waals surface area contributed by atoms with Gasteiger partial charge in [0.25, 0.3) is 5.91 Å². The molecule has 1 aromatic carbocycles. The molecule has 0 aliphatic rings. The Labute approximate surface area is 102 Å². The zero-order chi connectivity index (χ0) is 13.7. The first kappa shape index (κ1) is 13.8. The Morgan fingerprint density at radius 1 is 1.28 bits per heavy atom. The lowest BCUT2D eigenvalue weighted by atomic mass is 10.1. The number of carboxylic acids is 1. The van der Waals surface area contributed by atoms with Crippen LogP contribution in [0.25, 0.3) is 0 Å². The lowest BCUT2D eigenvalue weighted by Crippen LogP contribution is -2.26. The first-order valence-corrected chi connectivity index (χ1v) is 5.08. The lowest BCUT2D eigenvalue weighted by molar-refractivity contribution is 0.0690. The molecule has 18 heavy (non-hydrogen) atoms. The van der Waals surface area contributed by atoms with Gasteiger partial charge in [-0.3, -0.25) is 4.79 Å². The molecule has 0 aliphatic heterocycles. The average molecular weight is 255 g/mol. The molecule has 0 fully saturated rings. The molecule has 2 N–H and O–H groups in total. The van der Waals surface area contributed by atoms with Crippen molar-refractivity contribution in [1.29, 1.82) is 0 Å². The fourth-order valence-electron chi connectivity index (χ4n) is 1.29. The van der Waals surface area contributed by atoms with E-state index in [2.05, 4.69) is 11.9 Å². The van der Waals surface area contributed by atoms with Crippen LogP contribution in [0.4, 0.5) is 8.78 Å². The summed E-state index contributed by atoms with van der Waals surface area (Å²) in [5.74, 6) is -4.85. The van der Waals surface area contributed by atoms with Gasteiger partial charge in [0, 0.05) is 6.54 Å². The molecular formula is C12H11F2NO3. The molecule has 0 saturated carbocycles. The summed E-state index contributed by atoms with van der Waals surface area (Å²) in [6.45, 7) is 3.68. The van der Waals surface area contributed by atoms with E-state index < -0.39 is 34.6 Å². The van der Waals surface area contributed by atoms with Crippen molar-refractivity contribution in [3.8, 4) is 0 Å². The van der Waals surface area contributed by atoms with E-state index in [-0.39, 0.29) is 6.54 Å². The lowest BCUT2D eigenvalue weighted by Gasteiger charge is -2.07. The smallest absolute Gasteiger partial charge is 0.336 e. The zero-order valence-electron chi connectivity index (χ0n) is 9.37. The second-order valence-electron chi connectivity index (χ2n) is 3.45. The third-order valence-electron chi connectivity index (χ3n) is 2.17. The number of hydrogen-bond acceptors (Lipinski definition) is 2. The molecule has 0 saturated heterocycles. The van der Waals surface area contributed by atoms with Gasteiger partial charge in [0.2, 0.25) is 0 Å². The van der Waals surface area contributed by atoms with E-state index >= 15 is 0 Å². The van der Waals surface area contributed by atoms with E-state index in [0.29, 0.717) is 18.6 Å². The maximum atomic E-state index is 13.0. The van der Waals surface area contributed by atoms with Gasteiger partial charge in [-0.2, -0.15) is 0 Å². The van der Waals surface area contributed by atoms with Gasteiger partial charge in [-0.1, -0.05) is 6.08 Å². The predicted molar refractivity (Wildman–Crippen MR) is 60.5 cm³/mol. The molecule has 4 nitrogen and oxygen atoms in total. The molecule has 0 heterocycles. The highest BCUT2D eigenvalue weighted by molar-refractivity contribution is 6.04. The second-order valence-corrected chi connectivity index (χ2v) is 3.45. The van der Waals surface area contributed by atoms with Crippen molar-refractivity contribution in [2.75, 3.05) is 6.54 Å². The van der Waals surface area contributed by atoms with E-state index in [1.807, 2.05) is 0 Å². The second kappa shape index (κ2) is 5.90. The number of nitrogens with one attached hydrogen (secondary N) is 1. The van der Waals surface area contributed by atoms with Crippen molar-refractivity contribution in [1.82, 2.24) is 5.32 Å². The summed E-state index contributed by atoms with van der Waals surface area (Å²) < 4.78 is 25.9. The molecular weight excluding hydrogens is 244 g/mol. The number of hydrogen-bond donors (Lipinski definition) is 2. The van der Waals surface area contributed by atoms with Crippen molar-refractivity contribution in [3.05, 3.63) is 47.5 Å². The Morgan fingerprint density at radius 3 is 2.33 bits per heavy atom. The van der Waals surface area contributed by atoms with E-state index in [1.165, 1.54) is 0 Å². The van der Waals surface area contributed by atoms with Gasteiger partial charge in [0.05, 0.1) is 11.1 Å². The molecule has 96 valence electrons. The van der Waals surface area contributed by atoms with Crippen LogP contribution in [0.1, 0.15) is 27.1 Å². The number of amides is 1. The quantitative estimate of drug-likeness (QED) is 0.624. The number of carbonyl (C=O) groups excluding carboxylic acids is 1. The van der Waals surface area contributed by atoms with E-state index in [1.54, 1.807) is 6.08 Å². The van der Waals surface area contributed by atoms with Gasteiger partial charge in [-0.15, -0.1) is 6.58 Å². The Morgan fingerprint density at radius 2 is 1.83 bits per heavy atom. The minimum Gasteiger partial charge on any atom is -0.478 e. The van der Waals surface area contributed by atoms with Gasteiger partial charge in [-0.05, 0) is 18.6 Å². The average Bonchev–Trinajstić information content (AvgIpc) is 2.32. The van der Waals surface area contributed by atoms with Crippen LogP contribution in [0, 0.1) is 11.6 Å². The topological polar surface area (TPSA) is 66.4 Å². The maximum Gasteiger partial charge on any atom is 0.336 e. The number of rotatable bonds is 5. The summed E-state index contributed by atoms with van der Waals surface area (Å²) >= 11 is 0. The third kappa shape index (κ3) is 3.13. The Kier molecular flexibility index (Phi) is 4.53. The first-order valence-electron chi connectivity index (χ1n) is 5.08. The van der Waals surface area contributed by atoms with Crippen LogP contribution in [0.15, 0.2) is 24.8 Å². The predicted octanol–water partition coefficient (Wildman–Crippen LogP) is 1.97. The molecule has 0 atom stereocenters. The Hall–Kier alpha value is -2.24. The Bertz CT molecular complexity index is 500. The Balaban J connectivity index is 3.06. The van der Waals surface area contributed by atoms with E-state index in [4.69, 9.17) is 5.11 Å². The number of halogens is 2. The number of benzene rings is 1. The van der Waals surface area contributed by atoms with Gasteiger partial charge < -0.3 is 10.4 Å². The number of carboxylic acid groups (broad SMARTS) is 1. The number of carbonyl (C=O) groups is 2. The highest BCUT2D eigenvalue weighted by Crippen LogP contribution is 2.15. The maximum absolute atomic E-state index is 13.0. The van der Waals surface area contributed by atoms with Crippen LogP contribution >= 0.6 is 0 Å². The van der Waals surface area contributed by atoms with Crippen LogP contribution in [-0.4, -0.2) is 23.5 Å². The highest BCUT2D eigenvalue weighted by Gasteiger charge is 2.19. The van der Waals surface area contributed by atoms with Crippen molar-refractivity contribution < 1.29 is 23.5 Å². The van der Waals surface area contributed by atoms with Gasteiger partial charge in [0.1, 0.15) is 0 Å². The minimum atomic E-state index is -1.50. The fourth-order valence-corrected chi connectivity index (χ4v) is 1.29. The molecule has 1 aromatic rings. The summed E-state index contributed by atoms with van der Waals surface area (Å²) in [5.41, 5.74) is -0.990. The molecule has 0 radical (unpaired) electrons. The minimum absolute atomic E-state index is 0.236. The zero-order valence-corrected chi connectivity index (χ0v) is 9.37. The third-order valence-corrected chi connectivity index (χ3v) is 2.17. The summed E-state index contributed by atoms with van der Waals surface area (Å²) in [6, 6.07) is 1.06. The molecule has 0 spiro atoms. The first-order chi connectivity index (χ1) is 8.47. The van der Waals surface area contributed by atoms with Gasteiger partial charge >= 0.3 is 5.97 Å².